The summed E-state index contributed by atoms with van der Waals surface area (Å²) in [5.74, 6) is -1.75. The molecule has 0 saturated carbocycles. The number of nitrogens with one attached hydrogen (secondary N) is 1. The van der Waals surface area contributed by atoms with E-state index in [-0.39, 0.29) is 19.6 Å². The predicted octanol–water partition coefficient (Wildman–Crippen LogP) is -2.81. The van der Waals surface area contributed by atoms with Crippen molar-refractivity contribution in [2.45, 2.75) is 12.2 Å². The van der Waals surface area contributed by atoms with Gasteiger partial charge in [0.25, 0.3) is 0 Å². The summed E-state index contributed by atoms with van der Waals surface area (Å²) < 4.78 is 0. The van der Waals surface area contributed by atoms with E-state index >= 15 is 0 Å². The van der Waals surface area contributed by atoms with Gasteiger partial charge >= 0.3 is 11.8 Å². The molecule has 0 aromatic heterocycles. The smallest absolute Gasteiger partial charge is 0.312 e. The Balaban J connectivity index is 2.48. The Hall–Kier alpha value is -1.65. The lowest BCUT2D eigenvalue weighted by Crippen LogP contribution is -2.42. The summed E-state index contributed by atoms with van der Waals surface area (Å²) in [6.07, 6.45) is -2.03. The van der Waals surface area contributed by atoms with Crippen molar-refractivity contribution in [3.8, 4) is 6.07 Å². The van der Waals surface area contributed by atoms with Crippen LogP contribution in [0.25, 0.3) is 0 Å². The van der Waals surface area contributed by atoms with E-state index in [1.807, 2.05) is 0 Å². The highest BCUT2D eigenvalue weighted by Gasteiger charge is 2.34. The molecule has 7 heteroatoms. The Kier molecular flexibility index (Phi) is 3.60. The SMILES string of the molecule is N#CCNC(=O)C(=O)N1CC(O)C(O)C1. The maximum atomic E-state index is 11.3. The van der Waals surface area contributed by atoms with Crippen LogP contribution >= 0.6 is 0 Å². The van der Waals surface area contributed by atoms with Crippen molar-refractivity contribution >= 4 is 11.8 Å². The van der Waals surface area contributed by atoms with Gasteiger partial charge < -0.3 is 20.4 Å². The van der Waals surface area contributed by atoms with Crippen LogP contribution in [0.2, 0.25) is 0 Å². The van der Waals surface area contributed by atoms with Crippen molar-refractivity contribution in [1.29, 1.82) is 5.26 Å². The number of nitriles is 1. The number of likely N-dealkylation sites (tertiary alicyclic amines) is 1. The van der Waals surface area contributed by atoms with Crippen molar-refractivity contribution in [2.75, 3.05) is 19.6 Å². The number of β-amino-alcohol motifs (C(OH)–C–C–N with tert-alkyl or cyclic N) is 2. The van der Waals surface area contributed by atoms with E-state index in [1.54, 1.807) is 6.07 Å². The predicted molar refractivity (Wildman–Crippen MR) is 47.2 cm³/mol. The first-order valence-corrected chi connectivity index (χ1v) is 4.36. The molecule has 0 aromatic carbocycles. The third-order valence-corrected chi connectivity index (χ3v) is 2.07. The van der Waals surface area contributed by atoms with E-state index in [1.165, 1.54) is 0 Å². The number of hydrogen-bond donors (Lipinski definition) is 3. The first kappa shape index (κ1) is 11.4. The minimum Gasteiger partial charge on any atom is -0.388 e. The molecule has 2 amide bonds. The summed E-state index contributed by atoms with van der Waals surface area (Å²) >= 11 is 0. The van der Waals surface area contributed by atoms with Gasteiger partial charge in [-0.05, 0) is 0 Å². The standard InChI is InChI=1S/C8H11N3O4/c9-1-2-10-7(14)8(15)11-3-5(12)6(13)4-11/h5-6,12-13H,2-4H2,(H,10,14). The van der Waals surface area contributed by atoms with Gasteiger partial charge in [-0.15, -0.1) is 0 Å². The Labute approximate surface area is 85.9 Å². The molecule has 1 heterocycles. The Morgan fingerprint density at radius 1 is 1.40 bits per heavy atom. The molecule has 1 saturated heterocycles. The quantitative estimate of drug-likeness (QED) is 0.321. The van der Waals surface area contributed by atoms with Gasteiger partial charge in [0.1, 0.15) is 6.54 Å². The maximum Gasteiger partial charge on any atom is 0.312 e. The molecule has 0 bridgehead atoms. The van der Waals surface area contributed by atoms with Gasteiger partial charge in [0.2, 0.25) is 0 Å². The lowest BCUT2D eigenvalue weighted by molar-refractivity contribution is -0.145. The molecule has 3 N–H and O–H groups in total. The third-order valence-electron chi connectivity index (χ3n) is 2.07. The van der Waals surface area contributed by atoms with Crippen molar-refractivity contribution < 1.29 is 19.8 Å². The highest BCUT2D eigenvalue weighted by molar-refractivity contribution is 6.35. The van der Waals surface area contributed by atoms with Crippen LogP contribution in [0.1, 0.15) is 0 Å². The molecule has 2 unspecified atom stereocenters. The summed E-state index contributed by atoms with van der Waals surface area (Å²) in [7, 11) is 0. The van der Waals surface area contributed by atoms with Gasteiger partial charge in [-0.1, -0.05) is 0 Å². The lowest BCUT2D eigenvalue weighted by Gasteiger charge is -2.13. The van der Waals surface area contributed by atoms with Gasteiger partial charge in [0.05, 0.1) is 18.3 Å². The van der Waals surface area contributed by atoms with Gasteiger partial charge in [0.15, 0.2) is 0 Å². The molecule has 15 heavy (non-hydrogen) atoms. The first-order valence-electron chi connectivity index (χ1n) is 4.36. The summed E-state index contributed by atoms with van der Waals surface area (Å²) in [6.45, 7) is -0.385. The fourth-order valence-electron chi connectivity index (χ4n) is 1.27. The number of hydrogen-bond acceptors (Lipinski definition) is 5. The lowest BCUT2D eigenvalue weighted by atomic mass is 10.3. The number of rotatable bonds is 1. The number of amides is 2. The zero-order valence-electron chi connectivity index (χ0n) is 7.88. The molecule has 1 fully saturated rings. The van der Waals surface area contributed by atoms with Crippen molar-refractivity contribution in [1.82, 2.24) is 10.2 Å². The molecule has 0 radical (unpaired) electrons. The number of nitrogens with zero attached hydrogens (tertiary/aromatic N) is 2. The van der Waals surface area contributed by atoms with E-state index in [0.29, 0.717) is 0 Å². The molecule has 1 aliphatic rings. The zero-order chi connectivity index (χ0) is 11.4. The van der Waals surface area contributed by atoms with Crippen LogP contribution in [0.3, 0.4) is 0 Å². The van der Waals surface area contributed by atoms with E-state index in [4.69, 9.17) is 15.5 Å². The highest BCUT2D eigenvalue weighted by atomic mass is 16.3. The molecule has 2 atom stereocenters. The monoisotopic (exact) mass is 213 g/mol. The van der Waals surface area contributed by atoms with Crippen LogP contribution in [0.5, 0.6) is 0 Å². The topological polar surface area (TPSA) is 114 Å². The Bertz CT molecular complexity index is 301. The minimum atomic E-state index is -1.02. The molecular formula is C8H11N3O4. The molecular weight excluding hydrogens is 202 g/mol. The van der Waals surface area contributed by atoms with E-state index in [0.717, 1.165) is 4.90 Å². The van der Waals surface area contributed by atoms with E-state index < -0.39 is 24.0 Å². The van der Waals surface area contributed by atoms with Crippen LogP contribution < -0.4 is 5.32 Å². The van der Waals surface area contributed by atoms with Gasteiger partial charge in [0, 0.05) is 13.1 Å². The van der Waals surface area contributed by atoms with Gasteiger partial charge in [-0.3, -0.25) is 9.59 Å². The molecule has 0 spiro atoms. The summed E-state index contributed by atoms with van der Waals surface area (Å²) in [4.78, 5) is 23.5. The average Bonchev–Trinajstić information content (AvgIpc) is 2.54. The molecule has 82 valence electrons. The van der Waals surface area contributed by atoms with Crippen molar-refractivity contribution in [2.24, 2.45) is 0 Å². The summed E-state index contributed by atoms with van der Waals surface area (Å²) in [5.41, 5.74) is 0. The Morgan fingerprint density at radius 3 is 2.40 bits per heavy atom. The van der Waals surface area contributed by atoms with Crippen molar-refractivity contribution in [3.63, 3.8) is 0 Å². The van der Waals surface area contributed by atoms with E-state index in [9.17, 15) is 9.59 Å². The fourth-order valence-corrected chi connectivity index (χ4v) is 1.27. The number of aliphatic hydroxyl groups excluding tert-OH is 2. The Morgan fingerprint density at radius 2 is 1.93 bits per heavy atom. The van der Waals surface area contributed by atoms with Gasteiger partial charge in [-0.2, -0.15) is 5.26 Å². The van der Waals surface area contributed by atoms with Gasteiger partial charge in [-0.25, -0.2) is 0 Å². The van der Waals surface area contributed by atoms with Crippen LogP contribution in [0.4, 0.5) is 0 Å². The zero-order valence-corrected chi connectivity index (χ0v) is 7.88. The first-order chi connectivity index (χ1) is 7.06. The van der Waals surface area contributed by atoms with Crippen LogP contribution in [0.15, 0.2) is 0 Å². The minimum absolute atomic E-state index is 0.0695. The maximum absolute atomic E-state index is 11.3. The summed E-state index contributed by atoms with van der Waals surface area (Å²) in [6, 6.07) is 1.66. The second-order valence-corrected chi connectivity index (χ2v) is 3.19. The molecule has 1 aliphatic heterocycles. The second-order valence-electron chi connectivity index (χ2n) is 3.19. The number of aliphatic hydroxyl groups is 2. The molecule has 0 aromatic rings. The fraction of sp³-hybridized carbons (Fsp3) is 0.625. The molecule has 1 rings (SSSR count). The van der Waals surface area contributed by atoms with Crippen LogP contribution in [-0.2, 0) is 9.59 Å². The summed E-state index contributed by atoms with van der Waals surface area (Å²) in [5, 5.41) is 28.6. The average molecular weight is 213 g/mol. The normalized spacial score (nSPS) is 24.7. The number of carbonyl (C=O) groups excluding carboxylic acids is 2. The largest absolute Gasteiger partial charge is 0.388 e. The van der Waals surface area contributed by atoms with Crippen LogP contribution in [-0.4, -0.2) is 58.8 Å². The molecule has 0 aliphatic carbocycles. The highest BCUT2D eigenvalue weighted by Crippen LogP contribution is 2.09. The third kappa shape index (κ3) is 2.65. The van der Waals surface area contributed by atoms with Crippen molar-refractivity contribution in [3.05, 3.63) is 0 Å². The van der Waals surface area contributed by atoms with E-state index in [2.05, 4.69) is 5.32 Å². The number of carbonyl (C=O) groups is 2. The molecule has 7 nitrogen and oxygen atoms in total. The second kappa shape index (κ2) is 4.72. The van der Waals surface area contributed by atoms with Crippen LogP contribution in [0, 0.1) is 11.3 Å².